The van der Waals surface area contributed by atoms with Gasteiger partial charge in [-0.05, 0) is 36.0 Å². The standard InChI is InChI=1S/C11H13FO.C2H5NO2/c1-7-5-10(7)11(13)8-3-2-4-9(12)6-8;3-1-2(4)5/h2-4,6-7,10-11,13H,5H2,1H3;1,3H2,(H,4,5). The lowest BCUT2D eigenvalue weighted by Crippen LogP contribution is -2.10. The van der Waals surface area contributed by atoms with E-state index in [1.54, 1.807) is 12.1 Å². The van der Waals surface area contributed by atoms with E-state index in [0.29, 0.717) is 17.4 Å². The lowest BCUT2D eigenvalue weighted by atomic mass is 10.0. The molecule has 0 bridgehead atoms. The molecule has 0 aliphatic heterocycles. The van der Waals surface area contributed by atoms with Gasteiger partial charge >= 0.3 is 5.97 Å². The maximum absolute atomic E-state index is 12.8. The molecule has 4 nitrogen and oxygen atoms in total. The fraction of sp³-hybridized carbons (Fsp3) is 0.462. The first-order chi connectivity index (χ1) is 8.45. The monoisotopic (exact) mass is 255 g/mol. The maximum atomic E-state index is 12.8. The highest BCUT2D eigenvalue weighted by Crippen LogP contribution is 2.46. The molecule has 2 rings (SSSR count). The molecule has 0 amide bonds. The highest BCUT2D eigenvalue weighted by molar-refractivity contribution is 5.68. The van der Waals surface area contributed by atoms with Crippen LogP contribution >= 0.6 is 0 Å². The van der Waals surface area contributed by atoms with E-state index in [2.05, 4.69) is 12.7 Å². The van der Waals surface area contributed by atoms with Gasteiger partial charge in [0, 0.05) is 0 Å². The van der Waals surface area contributed by atoms with Crippen LogP contribution in [-0.2, 0) is 4.79 Å². The highest BCUT2D eigenvalue weighted by Gasteiger charge is 2.39. The molecule has 1 aliphatic carbocycles. The average Bonchev–Trinajstić information content (AvgIpc) is 3.06. The molecule has 0 aromatic heterocycles. The Morgan fingerprint density at radius 3 is 2.56 bits per heavy atom. The summed E-state index contributed by atoms with van der Waals surface area (Å²) in [5.41, 5.74) is 5.27. The Kier molecular flexibility index (Phi) is 5.25. The smallest absolute Gasteiger partial charge is 0.317 e. The van der Waals surface area contributed by atoms with E-state index in [0.717, 1.165) is 6.42 Å². The van der Waals surface area contributed by atoms with E-state index >= 15 is 0 Å². The topological polar surface area (TPSA) is 83.5 Å². The van der Waals surface area contributed by atoms with E-state index < -0.39 is 12.1 Å². The number of halogens is 1. The van der Waals surface area contributed by atoms with Crippen molar-refractivity contribution in [3.05, 3.63) is 35.6 Å². The third-order valence-corrected chi connectivity index (χ3v) is 2.94. The van der Waals surface area contributed by atoms with Crippen LogP contribution in [0.3, 0.4) is 0 Å². The third-order valence-electron chi connectivity index (χ3n) is 2.94. The minimum Gasteiger partial charge on any atom is -0.480 e. The number of aliphatic hydroxyl groups excluding tert-OH is 1. The van der Waals surface area contributed by atoms with Gasteiger partial charge in [-0.15, -0.1) is 0 Å². The maximum Gasteiger partial charge on any atom is 0.317 e. The first kappa shape index (κ1) is 14.6. The summed E-state index contributed by atoms with van der Waals surface area (Å²) in [6, 6.07) is 6.22. The van der Waals surface area contributed by atoms with Crippen LogP contribution in [0, 0.1) is 17.7 Å². The Balaban J connectivity index is 0.000000280. The predicted octanol–water partition coefficient (Wildman–Crippen LogP) is 1.54. The van der Waals surface area contributed by atoms with Gasteiger partial charge in [-0.2, -0.15) is 0 Å². The lowest BCUT2D eigenvalue weighted by molar-refractivity contribution is -0.135. The zero-order valence-electron chi connectivity index (χ0n) is 10.2. The van der Waals surface area contributed by atoms with Crippen molar-refractivity contribution < 1.29 is 19.4 Å². The zero-order chi connectivity index (χ0) is 13.7. The van der Waals surface area contributed by atoms with Gasteiger partial charge in [0.25, 0.3) is 0 Å². The summed E-state index contributed by atoms with van der Waals surface area (Å²) in [7, 11) is 0. The number of aliphatic hydroxyl groups is 1. The van der Waals surface area contributed by atoms with Gasteiger partial charge in [0.05, 0.1) is 12.6 Å². The molecule has 5 heteroatoms. The molecular formula is C13H18FNO3. The van der Waals surface area contributed by atoms with Gasteiger partial charge in [0.15, 0.2) is 0 Å². The van der Waals surface area contributed by atoms with Crippen molar-refractivity contribution in [2.45, 2.75) is 19.4 Å². The van der Waals surface area contributed by atoms with E-state index in [9.17, 15) is 14.3 Å². The zero-order valence-corrected chi connectivity index (χ0v) is 10.2. The molecule has 4 N–H and O–H groups in total. The minimum atomic E-state index is -0.968. The number of nitrogens with two attached hydrogens (primary N) is 1. The van der Waals surface area contributed by atoms with Gasteiger partial charge in [0.2, 0.25) is 0 Å². The second-order valence-electron chi connectivity index (χ2n) is 4.47. The SMILES string of the molecule is CC1CC1C(O)c1cccc(F)c1.NCC(=O)O. The normalized spacial score (nSPS) is 22.7. The Bertz CT molecular complexity index is 411. The van der Waals surface area contributed by atoms with Crippen molar-refractivity contribution >= 4 is 5.97 Å². The predicted molar refractivity (Wildman–Crippen MR) is 65.3 cm³/mol. The van der Waals surface area contributed by atoms with Crippen molar-refractivity contribution in [1.82, 2.24) is 0 Å². The average molecular weight is 255 g/mol. The molecule has 0 saturated heterocycles. The van der Waals surface area contributed by atoms with Crippen LogP contribution in [0.25, 0.3) is 0 Å². The minimum absolute atomic E-state index is 0.273. The molecule has 1 fully saturated rings. The van der Waals surface area contributed by atoms with Crippen molar-refractivity contribution in [2.75, 3.05) is 6.54 Å². The number of benzene rings is 1. The van der Waals surface area contributed by atoms with Crippen LogP contribution in [0.1, 0.15) is 25.0 Å². The fourth-order valence-electron chi connectivity index (χ4n) is 1.73. The van der Waals surface area contributed by atoms with Gasteiger partial charge in [-0.1, -0.05) is 19.1 Å². The number of hydrogen-bond acceptors (Lipinski definition) is 3. The molecule has 100 valence electrons. The van der Waals surface area contributed by atoms with Crippen LogP contribution in [-0.4, -0.2) is 22.7 Å². The second-order valence-corrected chi connectivity index (χ2v) is 4.47. The second kappa shape index (κ2) is 6.47. The van der Waals surface area contributed by atoms with Crippen LogP contribution in [0.4, 0.5) is 4.39 Å². The van der Waals surface area contributed by atoms with Crippen molar-refractivity contribution in [1.29, 1.82) is 0 Å². The van der Waals surface area contributed by atoms with Gasteiger partial charge in [-0.3, -0.25) is 4.79 Å². The summed E-state index contributed by atoms with van der Waals surface area (Å²) in [6.45, 7) is 1.83. The number of rotatable bonds is 3. The summed E-state index contributed by atoms with van der Waals surface area (Å²) >= 11 is 0. The summed E-state index contributed by atoms with van der Waals surface area (Å²) < 4.78 is 12.8. The molecule has 3 unspecified atom stereocenters. The van der Waals surface area contributed by atoms with Gasteiger partial charge < -0.3 is 15.9 Å². The van der Waals surface area contributed by atoms with Crippen LogP contribution in [0.2, 0.25) is 0 Å². The molecule has 3 atom stereocenters. The van der Waals surface area contributed by atoms with E-state index in [1.165, 1.54) is 12.1 Å². The van der Waals surface area contributed by atoms with Crippen molar-refractivity contribution in [3.63, 3.8) is 0 Å². The molecule has 18 heavy (non-hydrogen) atoms. The molecule has 1 aromatic rings. The Hall–Kier alpha value is -1.46. The lowest BCUT2D eigenvalue weighted by Gasteiger charge is -2.09. The van der Waals surface area contributed by atoms with Crippen LogP contribution in [0.5, 0.6) is 0 Å². The Morgan fingerprint density at radius 2 is 2.17 bits per heavy atom. The first-order valence-corrected chi connectivity index (χ1v) is 5.81. The summed E-state index contributed by atoms with van der Waals surface area (Å²) in [6.07, 6.45) is 0.572. The molecular weight excluding hydrogens is 237 g/mol. The Labute approximate surface area is 105 Å². The molecule has 0 heterocycles. The molecule has 1 aliphatic rings. The quantitative estimate of drug-likeness (QED) is 0.765. The number of aliphatic carboxylic acids is 1. The fourth-order valence-corrected chi connectivity index (χ4v) is 1.73. The number of carboxylic acid groups (broad SMARTS) is 1. The highest BCUT2D eigenvalue weighted by atomic mass is 19.1. The van der Waals surface area contributed by atoms with Crippen LogP contribution < -0.4 is 5.73 Å². The largest absolute Gasteiger partial charge is 0.480 e. The summed E-state index contributed by atoms with van der Waals surface area (Å²) in [4.78, 5) is 9.24. The first-order valence-electron chi connectivity index (χ1n) is 5.81. The number of carbonyl (C=O) groups is 1. The van der Waals surface area contributed by atoms with E-state index in [-0.39, 0.29) is 12.4 Å². The van der Waals surface area contributed by atoms with Gasteiger partial charge in [0.1, 0.15) is 5.82 Å². The Morgan fingerprint density at radius 1 is 1.61 bits per heavy atom. The number of hydrogen-bond donors (Lipinski definition) is 3. The van der Waals surface area contributed by atoms with Crippen molar-refractivity contribution in [3.8, 4) is 0 Å². The van der Waals surface area contributed by atoms with Crippen LogP contribution in [0.15, 0.2) is 24.3 Å². The molecule has 1 aromatic carbocycles. The number of carboxylic acids is 1. The van der Waals surface area contributed by atoms with Crippen molar-refractivity contribution in [2.24, 2.45) is 17.6 Å². The molecule has 1 saturated carbocycles. The summed E-state index contributed by atoms with van der Waals surface area (Å²) in [5, 5.41) is 17.4. The summed E-state index contributed by atoms with van der Waals surface area (Å²) in [5.74, 6) is -0.324. The molecule has 0 spiro atoms. The van der Waals surface area contributed by atoms with E-state index in [1.807, 2.05) is 0 Å². The van der Waals surface area contributed by atoms with E-state index in [4.69, 9.17) is 5.11 Å². The third kappa shape index (κ3) is 4.43. The molecule has 0 radical (unpaired) electrons. The van der Waals surface area contributed by atoms with Gasteiger partial charge in [-0.25, -0.2) is 4.39 Å².